The molecule has 0 aliphatic heterocycles. The number of rotatable bonds is 6. The SMILES string of the molecule is CN(C)[C@@H]1C(O)=C(C(N)=O)C(C)(O)C2C(O)=C3C(=O)c4c(O)ccc(C(=O)CNCC(F)(F)F)c4CC3CC21. The molecule has 0 bridgehead atoms. The van der Waals surface area contributed by atoms with Gasteiger partial charge >= 0.3 is 6.18 Å². The van der Waals surface area contributed by atoms with E-state index in [1.165, 1.54) is 13.0 Å². The molecule has 3 aliphatic carbocycles. The summed E-state index contributed by atoms with van der Waals surface area (Å²) in [6.07, 6.45) is -4.42. The number of carbonyl (C=O) groups is 3. The van der Waals surface area contributed by atoms with Gasteiger partial charge in [0.1, 0.15) is 22.9 Å². The first-order valence-electron chi connectivity index (χ1n) is 12.2. The van der Waals surface area contributed by atoms with Crippen LogP contribution in [0.1, 0.15) is 39.6 Å². The molecule has 7 N–H and O–H groups in total. The van der Waals surface area contributed by atoms with Crippen molar-refractivity contribution in [2.24, 2.45) is 23.5 Å². The zero-order valence-electron chi connectivity index (χ0n) is 21.5. The maximum atomic E-state index is 13.7. The summed E-state index contributed by atoms with van der Waals surface area (Å²) in [6, 6.07) is 1.46. The number of aliphatic hydroxyl groups is 3. The number of nitrogens with zero attached hydrogens (tertiary/aromatic N) is 1. The number of likely N-dealkylation sites (N-methyl/N-ethyl adjacent to an activating group) is 1. The van der Waals surface area contributed by atoms with E-state index in [9.17, 15) is 48.0 Å². The molecule has 0 radical (unpaired) electrons. The number of ketones is 2. The van der Waals surface area contributed by atoms with Crippen LogP contribution in [0.3, 0.4) is 0 Å². The third-order valence-corrected chi connectivity index (χ3v) is 7.94. The Morgan fingerprint density at radius 2 is 1.82 bits per heavy atom. The lowest BCUT2D eigenvalue weighted by Gasteiger charge is -2.52. The molecule has 0 fully saturated rings. The van der Waals surface area contributed by atoms with E-state index in [1.54, 1.807) is 19.0 Å². The molecule has 39 heavy (non-hydrogen) atoms. The Morgan fingerprint density at radius 1 is 1.18 bits per heavy atom. The van der Waals surface area contributed by atoms with Gasteiger partial charge in [-0.2, -0.15) is 13.2 Å². The van der Waals surface area contributed by atoms with Crippen LogP contribution in [0.2, 0.25) is 0 Å². The zero-order valence-corrected chi connectivity index (χ0v) is 21.5. The van der Waals surface area contributed by atoms with Crippen molar-refractivity contribution < 1.29 is 48.0 Å². The first kappa shape index (κ1) is 28.6. The highest BCUT2D eigenvalue weighted by Gasteiger charge is 2.59. The monoisotopic (exact) mass is 553 g/mol. The van der Waals surface area contributed by atoms with E-state index in [4.69, 9.17) is 5.73 Å². The number of phenols is 1. The topological polar surface area (TPSA) is 173 Å². The summed E-state index contributed by atoms with van der Waals surface area (Å²) in [6.45, 7) is -0.831. The average molecular weight is 554 g/mol. The Morgan fingerprint density at radius 3 is 2.38 bits per heavy atom. The predicted molar refractivity (Wildman–Crippen MR) is 131 cm³/mol. The van der Waals surface area contributed by atoms with Gasteiger partial charge in [0.05, 0.1) is 36.2 Å². The summed E-state index contributed by atoms with van der Waals surface area (Å²) in [7, 11) is 3.24. The Kier molecular flexibility index (Phi) is 7.07. The second-order valence-electron chi connectivity index (χ2n) is 10.7. The number of primary amides is 1. The molecule has 0 heterocycles. The molecule has 4 unspecified atom stereocenters. The number of phenolic OH excluding ortho intramolecular Hbond substituents is 1. The fourth-order valence-corrected chi connectivity index (χ4v) is 6.57. The first-order valence-corrected chi connectivity index (χ1v) is 12.2. The van der Waals surface area contributed by atoms with Crippen LogP contribution in [0, 0.1) is 17.8 Å². The second kappa shape index (κ2) is 9.65. The van der Waals surface area contributed by atoms with Crippen molar-refractivity contribution in [3.63, 3.8) is 0 Å². The van der Waals surface area contributed by atoms with Crippen LogP contribution in [-0.2, 0) is 11.2 Å². The molecule has 1 amide bonds. The number of aromatic hydroxyl groups is 1. The van der Waals surface area contributed by atoms with Crippen molar-refractivity contribution in [3.05, 3.63) is 51.5 Å². The number of nitrogens with one attached hydrogen (secondary N) is 1. The average Bonchev–Trinajstić information content (AvgIpc) is 2.76. The number of benzene rings is 1. The molecular formula is C26H30F3N3O7. The highest BCUT2D eigenvalue weighted by molar-refractivity contribution is 6.15. The van der Waals surface area contributed by atoms with Crippen LogP contribution >= 0.6 is 0 Å². The van der Waals surface area contributed by atoms with E-state index in [0.717, 1.165) is 6.07 Å². The van der Waals surface area contributed by atoms with Crippen molar-refractivity contribution in [3.8, 4) is 5.75 Å². The van der Waals surface area contributed by atoms with Gasteiger partial charge in [-0.3, -0.25) is 19.3 Å². The number of halogens is 3. The summed E-state index contributed by atoms with van der Waals surface area (Å²) in [5, 5.41) is 46.4. The first-order chi connectivity index (χ1) is 18.0. The van der Waals surface area contributed by atoms with Crippen LogP contribution in [0.15, 0.2) is 34.8 Å². The predicted octanol–water partition coefficient (Wildman–Crippen LogP) is 1.52. The third kappa shape index (κ3) is 4.68. The standard InChI is InChI=1S/C26H30F3N3O7/c1-25(39)18-13(20(32(2)3)23(37)19(25)24(30)38)7-10-6-12-11(15(34)8-31-9-26(27,28)29)4-5-14(33)17(12)21(35)16(10)22(18)36/h4-5,10,13,18,20,31,33,36-37,39H,6-9H2,1-3H3,(H2,30,38)/t10?,13?,18?,20-,25?/m0/s1. The number of nitrogens with two attached hydrogens (primary N) is 1. The van der Waals surface area contributed by atoms with Crippen LogP contribution < -0.4 is 11.1 Å². The number of amides is 1. The lowest BCUT2D eigenvalue weighted by Crippen LogP contribution is -2.59. The van der Waals surface area contributed by atoms with E-state index in [-0.39, 0.29) is 35.1 Å². The van der Waals surface area contributed by atoms with Crippen LogP contribution in [-0.4, -0.2) is 87.8 Å². The number of Topliss-reactive ketones (excluding diaryl/α,β-unsaturated/α-hetero) is 2. The van der Waals surface area contributed by atoms with Crippen molar-refractivity contribution in [1.29, 1.82) is 0 Å². The molecule has 212 valence electrons. The molecule has 0 aromatic heterocycles. The van der Waals surface area contributed by atoms with E-state index < -0.39 is 89.0 Å². The van der Waals surface area contributed by atoms with Crippen molar-refractivity contribution in [2.45, 2.75) is 37.6 Å². The lowest BCUT2D eigenvalue weighted by atomic mass is 9.57. The summed E-state index contributed by atoms with van der Waals surface area (Å²) >= 11 is 0. The summed E-state index contributed by atoms with van der Waals surface area (Å²) in [5.74, 6) is -6.69. The number of allylic oxidation sites excluding steroid dienone is 1. The van der Waals surface area contributed by atoms with Gasteiger partial charge in [0.2, 0.25) is 0 Å². The molecule has 0 saturated carbocycles. The number of aliphatic hydroxyl groups excluding tert-OH is 2. The third-order valence-electron chi connectivity index (χ3n) is 7.94. The highest BCUT2D eigenvalue weighted by Crippen LogP contribution is 2.54. The Bertz CT molecular complexity index is 1320. The van der Waals surface area contributed by atoms with E-state index in [1.807, 2.05) is 5.32 Å². The molecule has 10 nitrogen and oxygen atoms in total. The smallest absolute Gasteiger partial charge is 0.401 e. The maximum absolute atomic E-state index is 13.7. The molecule has 5 atom stereocenters. The molecule has 4 rings (SSSR count). The number of hydrogen-bond acceptors (Lipinski definition) is 9. The van der Waals surface area contributed by atoms with Gasteiger partial charge in [0.15, 0.2) is 11.6 Å². The Balaban J connectivity index is 1.81. The molecule has 0 spiro atoms. The molecule has 1 aromatic rings. The van der Waals surface area contributed by atoms with Gasteiger partial charge in [0.25, 0.3) is 5.91 Å². The minimum atomic E-state index is -4.53. The molecular weight excluding hydrogens is 523 g/mol. The van der Waals surface area contributed by atoms with E-state index >= 15 is 0 Å². The Hall–Kier alpha value is -3.42. The van der Waals surface area contributed by atoms with Crippen LogP contribution in [0.5, 0.6) is 5.75 Å². The largest absolute Gasteiger partial charge is 0.511 e. The minimum Gasteiger partial charge on any atom is -0.511 e. The quantitative estimate of drug-likeness (QED) is 0.286. The number of carbonyl (C=O) groups excluding carboxylic acids is 3. The van der Waals surface area contributed by atoms with Crippen LogP contribution in [0.25, 0.3) is 0 Å². The molecule has 3 aliphatic rings. The van der Waals surface area contributed by atoms with Gasteiger partial charge < -0.3 is 31.5 Å². The summed E-state index contributed by atoms with van der Waals surface area (Å²) < 4.78 is 37.6. The maximum Gasteiger partial charge on any atom is 0.401 e. The number of alkyl halides is 3. The number of fused-ring (bicyclic) bond motifs is 3. The van der Waals surface area contributed by atoms with Gasteiger partial charge in [-0.1, -0.05) is 0 Å². The van der Waals surface area contributed by atoms with E-state index in [2.05, 4.69) is 0 Å². The van der Waals surface area contributed by atoms with Crippen LogP contribution in [0.4, 0.5) is 13.2 Å². The summed E-state index contributed by atoms with van der Waals surface area (Å²) in [5.41, 5.74) is 2.58. The number of hydrogen-bond donors (Lipinski definition) is 6. The van der Waals surface area contributed by atoms with Crippen molar-refractivity contribution in [1.82, 2.24) is 10.2 Å². The lowest BCUT2D eigenvalue weighted by molar-refractivity contribution is -0.124. The van der Waals surface area contributed by atoms with Gasteiger partial charge in [-0.25, -0.2) is 0 Å². The molecule has 0 saturated heterocycles. The van der Waals surface area contributed by atoms with Crippen molar-refractivity contribution in [2.75, 3.05) is 27.2 Å². The van der Waals surface area contributed by atoms with Gasteiger partial charge in [-0.05, 0) is 63.4 Å². The van der Waals surface area contributed by atoms with Gasteiger partial charge in [-0.15, -0.1) is 0 Å². The Labute approximate surface area is 221 Å². The molecule has 13 heteroatoms. The van der Waals surface area contributed by atoms with E-state index in [0.29, 0.717) is 0 Å². The fraction of sp³-hybridized carbons (Fsp3) is 0.500. The van der Waals surface area contributed by atoms with Gasteiger partial charge in [0, 0.05) is 11.1 Å². The normalized spacial score (nSPS) is 28.8. The zero-order chi connectivity index (χ0) is 29.2. The molecule has 1 aromatic carbocycles. The fourth-order valence-electron chi connectivity index (χ4n) is 6.57. The minimum absolute atomic E-state index is 0.0200. The van der Waals surface area contributed by atoms with Crippen molar-refractivity contribution >= 4 is 17.5 Å². The summed E-state index contributed by atoms with van der Waals surface area (Å²) in [4.78, 5) is 40.4. The second-order valence-corrected chi connectivity index (χ2v) is 10.7. The highest BCUT2D eigenvalue weighted by atomic mass is 19.4.